The molecule has 0 spiro atoms. The SMILES string of the molecule is CC(=O)C1(C)OC(Cl)C(C)(C)N1Cl. The van der Waals surface area contributed by atoms with E-state index >= 15 is 0 Å². The molecule has 0 amide bonds. The highest BCUT2D eigenvalue weighted by atomic mass is 35.5. The molecule has 5 heteroatoms. The number of nitrogens with zero attached hydrogens (tertiary/aromatic N) is 1. The molecule has 76 valence electrons. The average molecular weight is 226 g/mol. The van der Waals surface area contributed by atoms with Crippen molar-refractivity contribution in [3.63, 3.8) is 0 Å². The quantitative estimate of drug-likeness (QED) is 0.506. The molecule has 0 saturated carbocycles. The maximum absolute atomic E-state index is 11.3. The van der Waals surface area contributed by atoms with E-state index in [0.29, 0.717) is 0 Å². The first-order valence-electron chi connectivity index (χ1n) is 4.02. The molecule has 0 aliphatic carbocycles. The first-order valence-corrected chi connectivity index (χ1v) is 4.79. The van der Waals surface area contributed by atoms with E-state index in [1.54, 1.807) is 6.92 Å². The molecule has 2 unspecified atom stereocenters. The number of halogens is 2. The van der Waals surface area contributed by atoms with Crippen LogP contribution in [0.1, 0.15) is 27.7 Å². The minimum absolute atomic E-state index is 0.154. The number of hydrogen-bond acceptors (Lipinski definition) is 3. The molecule has 0 N–H and O–H groups in total. The number of rotatable bonds is 1. The molecule has 1 fully saturated rings. The fraction of sp³-hybridized carbons (Fsp3) is 0.875. The fourth-order valence-corrected chi connectivity index (χ4v) is 1.82. The van der Waals surface area contributed by atoms with Crippen LogP contribution in [0.15, 0.2) is 0 Å². The van der Waals surface area contributed by atoms with Gasteiger partial charge in [-0.2, -0.15) is 4.42 Å². The van der Waals surface area contributed by atoms with Crippen LogP contribution in [0.2, 0.25) is 0 Å². The first kappa shape index (κ1) is 11.2. The Labute approximate surface area is 88.0 Å². The van der Waals surface area contributed by atoms with Crippen molar-refractivity contribution in [2.45, 2.75) is 44.5 Å². The van der Waals surface area contributed by atoms with Crippen LogP contribution in [0.25, 0.3) is 0 Å². The van der Waals surface area contributed by atoms with Gasteiger partial charge in [0.05, 0.1) is 5.54 Å². The van der Waals surface area contributed by atoms with Gasteiger partial charge in [0.2, 0.25) is 0 Å². The molecule has 0 bridgehead atoms. The zero-order valence-electron chi connectivity index (χ0n) is 8.10. The van der Waals surface area contributed by atoms with E-state index in [-0.39, 0.29) is 5.78 Å². The summed E-state index contributed by atoms with van der Waals surface area (Å²) in [5.41, 5.74) is -2.25. The second-order valence-corrected chi connectivity index (χ2v) is 4.64. The van der Waals surface area contributed by atoms with Crippen molar-refractivity contribution in [3.05, 3.63) is 0 Å². The zero-order valence-corrected chi connectivity index (χ0v) is 9.61. The van der Waals surface area contributed by atoms with Crippen LogP contribution < -0.4 is 0 Å². The number of carbonyl (C=O) groups is 1. The van der Waals surface area contributed by atoms with Crippen LogP contribution >= 0.6 is 23.4 Å². The van der Waals surface area contributed by atoms with Gasteiger partial charge in [0.25, 0.3) is 0 Å². The lowest BCUT2D eigenvalue weighted by molar-refractivity contribution is -0.144. The zero-order chi connectivity index (χ0) is 10.4. The van der Waals surface area contributed by atoms with Gasteiger partial charge >= 0.3 is 0 Å². The van der Waals surface area contributed by atoms with Crippen LogP contribution in [0, 0.1) is 0 Å². The minimum Gasteiger partial charge on any atom is -0.331 e. The number of ketones is 1. The Bertz CT molecular complexity index is 244. The van der Waals surface area contributed by atoms with Crippen LogP contribution in [0.5, 0.6) is 0 Å². The number of ether oxygens (including phenoxy) is 1. The summed E-state index contributed by atoms with van der Waals surface area (Å²) in [6, 6.07) is 0. The third-order valence-corrected chi connectivity index (χ3v) is 3.80. The van der Waals surface area contributed by atoms with Crippen LogP contribution in [-0.4, -0.2) is 27.0 Å². The second kappa shape index (κ2) is 3.09. The van der Waals surface area contributed by atoms with E-state index in [9.17, 15) is 4.79 Å². The van der Waals surface area contributed by atoms with E-state index in [0.717, 1.165) is 0 Å². The lowest BCUT2D eigenvalue weighted by atomic mass is 10.1. The highest BCUT2D eigenvalue weighted by Gasteiger charge is 2.56. The number of carbonyl (C=O) groups excluding carboxylic acids is 1. The van der Waals surface area contributed by atoms with Gasteiger partial charge in [-0.3, -0.25) is 4.79 Å². The molecule has 0 aromatic carbocycles. The highest BCUT2D eigenvalue weighted by Crippen LogP contribution is 2.43. The monoisotopic (exact) mass is 225 g/mol. The minimum atomic E-state index is -1.11. The molecule has 1 rings (SSSR count). The molecule has 0 aromatic heterocycles. The van der Waals surface area contributed by atoms with E-state index in [1.807, 2.05) is 13.8 Å². The third-order valence-electron chi connectivity index (χ3n) is 2.42. The Morgan fingerprint density at radius 2 is 1.92 bits per heavy atom. The molecule has 0 radical (unpaired) electrons. The van der Waals surface area contributed by atoms with E-state index in [4.69, 9.17) is 28.1 Å². The van der Waals surface area contributed by atoms with Crippen molar-refractivity contribution in [3.8, 4) is 0 Å². The summed E-state index contributed by atoms with van der Waals surface area (Å²) in [7, 11) is 0. The standard InChI is InChI=1S/C8H13Cl2NO2/c1-5(12)8(4)11(10)7(2,3)6(9)13-8/h6H,1-4H3. The van der Waals surface area contributed by atoms with Crippen molar-refractivity contribution in [2.24, 2.45) is 0 Å². The van der Waals surface area contributed by atoms with E-state index < -0.39 is 16.8 Å². The maximum Gasteiger partial charge on any atom is 0.193 e. The smallest absolute Gasteiger partial charge is 0.193 e. The molecule has 2 atom stereocenters. The van der Waals surface area contributed by atoms with Gasteiger partial charge in [-0.25, -0.2) is 0 Å². The number of hydrogen-bond donors (Lipinski definition) is 0. The molecule has 1 aliphatic rings. The summed E-state index contributed by atoms with van der Waals surface area (Å²) < 4.78 is 6.69. The van der Waals surface area contributed by atoms with Gasteiger partial charge in [-0.1, -0.05) is 11.6 Å². The Morgan fingerprint density at radius 1 is 1.46 bits per heavy atom. The predicted molar refractivity (Wildman–Crippen MR) is 51.6 cm³/mol. The Hall–Kier alpha value is 0.170. The van der Waals surface area contributed by atoms with E-state index in [1.165, 1.54) is 11.3 Å². The first-order chi connectivity index (χ1) is 5.73. The molecule has 1 saturated heterocycles. The normalized spacial score (nSPS) is 39.4. The van der Waals surface area contributed by atoms with Crippen molar-refractivity contribution in [1.29, 1.82) is 0 Å². The van der Waals surface area contributed by atoms with Crippen molar-refractivity contribution in [1.82, 2.24) is 4.42 Å². The Kier molecular flexibility index (Phi) is 2.67. The summed E-state index contributed by atoms with van der Waals surface area (Å²) in [4.78, 5) is 11.3. The summed E-state index contributed by atoms with van der Waals surface area (Å²) >= 11 is 11.9. The topological polar surface area (TPSA) is 29.5 Å². The molecule has 0 aromatic rings. The largest absolute Gasteiger partial charge is 0.331 e. The van der Waals surface area contributed by atoms with Crippen LogP contribution in [0.4, 0.5) is 0 Å². The second-order valence-electron chi connectivity index (χ2n) is 3.91. The Morgan fingerprint density at radius 3 is 2.08 bits per heavy atom. The van der Waals surface area contributed by atoms with Crippen molar-refractivity contribution < 1.29 is 9.53 Å². The molecular weight excluding hydrogens is 213 g/mol. The average Bonchev–Trinajstić information content (AvgIpc) is 2.14. The van der Waals surface area contributed by atoms with Crippen LogP contribution in [0.3, 0.4) is 0 Å². The molecule has 3 nitrogen and oxygen atoms in total. The fourth-order valence-electron chi connectivity index (χ4n) is 1.25. The molecule has 1 aliphatic heterocycles. The number of alkyl halides is 1. The van der Waals surface area contributed by atoms with Crippen molar-refractivity contribution >= 4 is 29.2 Å². The van der Waals surface area contributed by atoms with Gasteiger partial charge in [0, 0.05) is 0 Å². The maximum atomic E-state index is 11.3. The highest BCUT2D eigenvalue weighted by molar-refractivity contribution is 6.23. The molecular formula is C8H13Cl2NO2. The van der Waals surface area contributed by atoms with Crippen molar-refractivity contribution in [2.75, 3.05) is 0 Å². The van der Waals surface area contributed by atoms with Gasteiger partial charge in [0.1, 0.15) is 0 Å². The molecule has 13 heavy (non-hydrogen) atoms. The van der Waals surface area contributed by atoms with Gasteiger partial charge in [-0.05, 0) is 39.5 Å². The van der Waals surface area contributed by atoms with Gasteiger partial charge in [0.15, 0.2) is 17.1 Å². The molecule has 1 heterocycles. The Balaban J connectivity index is 3.03. The van der Waals surface area contributed by atoms with E-state index in [2.05, 4.69) is 0 Å². The summed E-state index contributed by atoms with van der Waals surface area (Å²) in [5.74, 6) is -0.154. The number of Topliss-reactive ketones (excluding diaryl/α,β-unsaturated/α-hetero) is 1. The predicted octanol–water partition coefficient (Wildman–Crippen LogP) is 2.12. The third kappa shape index (κ3) is 1.48. The van der Waals surface area contributed by atoms with Gasteiger partial charge in [-0.15, -0.1) is 0 Å². The summed E-state index contributed by atoms with van der Waals surface area (Å²) in [6.45, 7) is 6.70. The summed E-state index contributed by atoms with van der Waals surface area (Å²) in [6.07, 6.45) is 0. The van der Waals surface area contributed by atoms with Crippen LogP contribution in [-0.2, 0) is 9.53 Å². The lowest BCUT2D eigenvalue weighted by Gasteiger charge is -2.31. The van der Waals surface area contributed by atoms with Gasteiger partial charge < -0.3 is 4.74 Å². The summed E-state index contributed by atoms with van der Waals surface area (Å²) in [5, 5.41) is 0. The lowest BCUT2D eigenvalue weighted by Crippen LogP contribution is -2.49.